The van der Waals surface area contributed by atoms with Gasteiger partial charge in [0.2, 0.25) is 6.79 Å². The van der Waals surface area contributed by atoms with Gasteiger partial charge in [-0.3, -0.25) is 19.9 Å². The number of likely N-dealkylation sites (N-methyl/N-ethyl adjacent to an activating group) is 1. The number of fused-ring (bicyclic) bond motifs is 8. The molecule has 0 radical (unpaired) electrons. The van der Waals surface area contributed by atoms with Gasteiger partial charge in [0.1, 0.15) is 23.6 Å². The molecule has 3 unspecified atom stereocenters. The lowest BCUT2D eigenvalue weighted by molar-refractivity contribution is -0.158. The van der Waals surface area contributed by atoms with E-state index in [1.165, 1.54) is 25.8 Å². The Labute approximate surface area is 345 Å². The lowest BCUT2D eigenvalue weighted by atomic mass is 9.76. The number of phenolic OH excluding ortho intramolecular Hbond substituents is 1. The van der Waals surface area contributed by atoms with Crippen LogP contribution in [0.5, 0.6) is 34.5 Å². The number of H-pyrrole nitrogens is 1. The van der Waals surface area contributed by atoms with Crippen LogP contribution in [0.1, 0.15) is 68.9 Å². The fourth-order valence-electron chi connectivity index (χ4n) is 11.2. The second-order valence-electron chi connectivity index (χ2n) is 16.6. The molecular formula is C43H46N6O9S. The predicted molar refractivity (Wildman–Crippen MR) is 216 cm³/mol. The first-order chi connectivity index (χ1) is 28.4. The molecule has 8 aliphatic heterocycles. The Hall–Kier alpha value is -5.18. The molecule has 2 fully saturated rings. The van der Waals surface area contributed by atoms with E-state index in [2.05, 4.69) is 26.2 Å². The van der Waals surface area contributed by atoms with Gasteiger partial charge >= 0.3 is 11.9 Å². The number of hydrogen-bond donors (Lipinski definition) is 4. The molecule has 59 heavy (non-hydrogen) atoms. The zero-order valence-electron chi connectivity index (χ0n) is 33.7. The Kier molecular flexibility index (Phi) is 8.65. The highest BCUT2D eigenvalue weighted by molar-refractivity contribution is 7.99. The van der Waals surface area contributed by atoms with Crippen molar-refractivity contribution in [1.82, 2.24) is 20.1 Å². The molecular weight excluding hydrogens is 777 g/mol. The van der Waals surface area contributed by atoms with Crippen molar-refractivity contribution < 1.29 is 43.1 Å². The van der Waals surface area contributed by atoms with Crippen LogP contribution in [0, 0.1) is 25.2 Å². The number of rotatable bonds is 4. The Balaban J connectivity index is 1.26. The molecule has 4 bridgehead atoms. The van der Waals surface area contributed by atoms with Gasteiger partial charge in [0.25, 0.3) is 0 Å². The third-order valence-corrected chi connectivity index (χ3v) is 14.9. The summed E-state index contributed by atoms with van der Waals surface area (Å²) >= 11 is 1.51. The first-order valence-corrected chi connectivity index (χ1v) is 20.8. The number of nitrogens with zero attached hydrogens (tertiary/aromatic N) is 3. The lowest BCUT2D eigenvalue weighted by Gasteiger charge is -2.60. The maximum atomic E-state index is 15.2. The summed E-state index contributed by atoms with van der Waals surface area (Å²) in [6.45, 7) is 5.44. The molecule has 0 amide bonds. The largest absolute Gasteiger partial charge is 0.504 e. The quantitative estimate of drug-likeness (QED) is 0.170. The molecule has 0 saturated carbocycles. The van der Waals surface area contributed by atoms with Gasteiger partial charge in [-0.05, 0) is 62.2 Å². The molecule has 9 heterocycles. The van der Waals surface area contributed by atoms with Crippen LogP contribution in [0.3, 0.4) is 0 Å². The van der Waals surface area contributed by atoms with Crippen LogP contribution >= 0.6 is 11.8 Å². The molecule has 8 aliphatic rings. The second-order valence-corrected chi connectivity index (χ2v) is 17.7. The topological polar surface area (TPSA) is 194 Å². The minimum Gasteiger partial charge on any atom is -0.504 e. The van der Waals surface area contributed by atoms with Gasteiger partial charge < -0.3 is 44.2 Å². The first-order valence-electron chi connectivity index (χ1n) is 19.8. The number of aromatic amines is 1. The number of aromatic nitrogens is 1. The van der Waals surface area contributed by atoms with E-state index in [9.17, 15) is 15.2 Å². The third-order valence-electron chi connectivity index (χ3n) is 13.4. The number of aryl methyl sites for hydroxylation is 1. The first kappa shape index (κ1) is 38.0. The van der Waals surface area contributed by atoms with E-state index in [4.69, 9.17) is 34.2 Å². The number of esters is 2. The van der Waals surface area contributed by atoms with E-state index in [-0.39, 0.29) is 43.9 Å². The van der Waals surface area contributed by atoms with Crippen molar-refractivity contribution in [2.75, 3.05) is 53.5 Å². The highest BCUT2D eigenvalue weighted by Crippen LogP contribution is 2.65. The van der Waals surface area contributed by atoms with Gasteiger partial charge in [-0.25, -0.2) is 4.79 Å². The van der Waals surface area contributed by atoms with E-state index in [1.807, 2.05) is 45.2 Å². The summed E-state index contributed by atoms with van der Waals surface area (Å²) < 4.78 is 36.6. The lowest BCUT2D eigenvalue weighted by Crippen LogP contribution is -2.69. The van der Waals surface area contributed by atoms with Crippen molar-refractivity contribution in [2.24, 2.45) is 5.73 Å². The molecule has 1 aromatic heterocycles. The van der Waals surface area contributed by atoms with Crippen LogP contribution in [0.2, 0.25) is 0 Å². The number of phenols is 1. The van der Waals surface area contributed by atoms with Crippen LogP contribution in [0.25, 0.3) is 10.9 Å². The van der Waals surface area contributed by atoms with E-state index in [0.29, 0.717) is 69.7 Å². The molecule has 3 aromatic carbocycles. The highest BCUT2D eigenvalue weighted by Gasteiger charge is 2.64. The molecule has 4 aromatic rings. The summed E-state index contributed by atoms with van der Waals surface area (Å²) in [7, 11) is 5.14. The minimum atomic E-state index is -1.40. The molecule has 5 N–H and O–H groups in total. The van der Waals surface area contributed by atoms with E-state index in [1.54, 1.807) is 7.11 Å². The Bertz CT molecular complexity index is 2540. The maximum absolute atomic E-state index is 15.2. The van der Waals surface area contributed by atoms with Crippen LogP contribution < -0.4 is 34.7 Å². The number of hydrogen-bond acceptors (Lipinski definition) is 15. The Morgan fingerprint density at radius 1 is 1.12 bits per heavy atom. The van der Waals surface area contributed by atoms with Gasteiger partial charge in [-0.1, -0.05) is 6.07 Å². The van der Waals surface area contributed by atoms with Crippen molar-refractivity contribution in [3.63, 3.8) is 0 Å². The SMILES string of the molecule is COc1ccc2[nH]c3c(c2c1)C[C@@H](CN)N[C@]31CS[C@@H]2c3c(OC(C)=O)c(C)c4c(c3[C@H](COC1=O)N1[C@@H]2C2c3c(cc(C)c(OC)c3O)CC1(C#N)CN2C)OCO4. The normalized spacial score (nSPS) is 30.1. The fourth-order valence-corrected chi connectivity index (χ4v) is 12.8. The van der Waals surface area contributed by atoms with Crippen LogP contribution in [0.15, 0.2) is 24.3 Å². The van der Waals surface area contributed by atoms with Crippen molar-refractivity contribution in [1.29, 1.82) is 5.26 Å². The molecule has 2 saturated heterocycles. The molecule has 15 nitrogen and oxygen atoms in total. The minimum absolute atomic E-state index is 0.0241. The highest BCUT2D eigenvalue weighted by atomic mass is 32.2. The summed E-state index contributed by atoms with van der Waals surface area (Å²) in [5.41, 5.74) is 10.6. The molecule has 0 aliphatic carbocycles. The number of carbonyl (C=O) groups is 2. The molecule has 308 valence electrons. The van der Waals surface area contributed by atoms with Gasteiger partial charge in [0.05, 0.1) is 43.3 Å². The summed E-state index contributed by atoms with van der Waals surface area (Å²) in [5, 5.41) is 27.7. The van der Waals surface area contributed by atoms with Gasteiger partial charge in [-0.2, -0.15) is 5.26 Å². The molecule has 12 rings (SSSR count). The standard InChI is InChI=1S/C43H46N6O9S/c1-19-9-22-12-42(15-45)16-48(4)32(29(22)34(51)35(19)54-6)33-39-31-30(38-37(56-18-57-38)20(2)36(31)58-21(3)50)28(49(33)42)14-55-41(52)43(17-59-39)40-26(10-23(13-44)47-43)25-11-24(53-5)7-8-27(25)46-40/h7-9,11,23,28,32-33,39,46-47,51H,10,12-14,16-18,44H2,1-6H3/t23-,28-,32?,33+,39+,42?,43+/m0/s1. The number of nitriles is 1. The number of nitrogens with one attached hydrogen (secondary N) is 2. The molecule has 1 spiro atoms. The summed E-state index contributed by atoms with van der Waals surface area (Å²) in [6, 6.07) is 8.47. The zero-order chi connectivity index (χ0) is 41.3. The fraction of sp³-hybridized carbons (Fsp3) is 0.465. The second kappa shape index (κ2) is 13.4. The average molecular weight is 823 g/mol. The number of ether oxygens (including phenoxy) is 6. The Morgan fingerprint density at radius 3 is 2.64 bits per heavy atom. The number of thioether (sulfide) groups is 1. The van der Waals surface area contributed by atoms with Crippen LogP contribution in [-0.4, -0.2) is 103 Å². The van der Waals surface area contributed by atoms with Gasteiger partial charge in [0, 0.05) is 77.4 Å². The van der Waals surface area contributed by atoms with Crippen LogP contribution in [0.4, 0.5) is 0 Å². The van der Waals surface area contributed by atoms with Gasteiger partial charge in [-0.15, -0.1) is 11.8 Å². The van der Waals surface area contributed by atoms with Crippen molar-refractivity contribution in [3.05, 3.63) is 68.9 Å². The predicted octanol–water partition coefficient (Wildman–Crippen LogP) is 4.09. The van der Waals surface area contributed by atoms with Crippen molar-refractivity contribution >= 4 is 34.6 Å². The van der Waals surface area contributed by atoms with Crippen molar-refractivity contribution in [2.45, 2.75) is 74.1 Å². The van der Waals surface area contributed by atoms with E-state index < -0.39 is 46.4 Å². The zero-order valence-corrected chi connectivity index (χ0v) is 34.5. The third kappa shape index (κ3) is 5.15. The number of piperazine rings is 1. The molecule has 16 heteroatoms. The summed E-state index contributed by atoms with van der Waals surface area (Å²) in [4.78, 5) is 36.2. The van der Waals surface area contributed by atoms with Crippen LogP contribution in [-0.2, 0) is 32.7 Å². The maximum Gasteiger partial charge on any atom is 0.333 e. The number of aromatic hydroxyl groups is 1. The summed E-state index contributed by atoms with van der Waals surface area (Å²) in [5.74, 6) is 1.48. The summed E-state index contributed by atoms with van der Waals surface area (Å²) in [6.07, 6.45) is 0.845. The van der Waals surface area contributed by atoms with E-state index in [0.717, 1.165) is 27.6 Å². The number of methoxy groups -OCH3 is 2. The smallest absolute Gasteiger partial charge is 0.333 e. The average Bonchev–Trinajstić information content (AvgIpc) is 3.80. The number of carbonyl (C=O) groups excluding carboxylic acids is 2. The van der Waals surface area contributed by atoms with Crippen molar-refractivity contribution in [3.8, 4) is 40.6 Å². The Morgan fingerprint density at radius 2 is 1.92 bits per heavy atom. The number of nitrogens with two attached hydrogens (primary N) is 1. The number of benzene rings is 3. The monoisotopic (exact) mass is 822 g/mol. The molecule has 8 atom stereocenters. The van der Waals surface area contributed by atoms with E-state index >= 15 is 4.79 Å². The van der Waals surface area contributed by atoms with Gasteiger partial charge in [0.15, 0.2) is 28.5 Å².